The monoisotopic (exact) mass is 577 g/mol. The van der Waals surface area contributed by atoms with Gasteiger partial charge in [0, 0.05) is 4.88 Å². The molecule has 1 aromatic heterocycles. The number of hydrogen-bond acceptors (Lipinski definition) is 6. The number of carboxylic acids is 1. The van der Waals surface area contributed by atoms with Gasteiger partial charge in [0.2, 0.25) is 5.91 Å². The number of amides is 1. The van der Waals surface area contributed by atoms with Crippen molar-refractivity contribution in [2.24, 2.45) is 17.3 Å². The normalized spacial score (nSPS) is 29.3. The van der Waals surface area contributed by atoms with E-state index in [-0.39, 0.29) is 46.5 Å². The summed E-state index contributed by atoms with van der Waals surface area (Å²) < 4.78 is 19.8. The lowest BCUT2D eigenvalue weighted by molar-refractivity contribution is -0.199. The zero-order valence-electron chi connectivity index (χ0n) is 25.0. The van der Waals surface area contributed by atoms with Gasteiger partial charge in [0.15, 0.2) is 8.32 Å². The molecule has 3 saturated carbocycles. The molecule has 3 aliphatic carbocycles. The fourth-order valence-electron chi connectivity index (χ4n) is 6.73. The third-order valence-electron chi connectivity index (χ3n) is 10.3. The molecule has 2 heterocycles. The Morgan fingerprint density at radius 1 is 1.26 bits per heavy atom. The molecule has 5 rings (SSSR count). The van der Waals surface area contributed by atoms with Gasteiger partial charge in [-0.05, 0) is 85.9 Å². The second-order valence-corrected chi connectivity index (χ2v) is 20.1. The fourth-order valence-corrected chi connectivity index (χ4v) is 8.82. The standard InChI is InChI=1S/C29H48BNO6SSi/c1-27(2,3)39(7,8)36-20(17-26(33)34)11-9-13-24(31-25(32)18-21-12-10-14-38-21)30-35-23-16-19-15-22(28(19,4)5)29(23,6)37-30/h10,12,14,19-20,22-24H,9,11,13,15-18H2,1-8H3,(H,31,32)(H,33,34)/t19-,20?,22-,23+,24?,29-/m0/s1. The second kappa shape index (κ2) is 11.2. The minimum Gasteiger partial charge on any atom is -0.481 e. The Hall–Kier alpha value is -1.20. The Bertz CT molecular complexity index is 1030. The lowest BCUT2D eigenvalue weighted by atomic mass is 9.43. The van der Waals surface area contributed by atoms with Crippen molar-refractivity contribution in [2.75, 3.05) is 0 Å². The molecule has 4 aliphatic rings. The van der Waals surface area contributed by atoms with Crippen molar-refractivity contribution < 1.29 is 28.4 Å². The van der Waals surface area contributed by atoms with E-state index in [2.05, 4.69) is 60.0 Å². The Balaban J connectivity index is 1.44. The number of carbonyl (C=O) groups excluding carboxylic acids is 1. The minimum atomic E-state index is -2.13. The van der Waals surface area contributed by atoms with Crippen molar-refractivity contribution in [3.63, 3.8) is 0 Å². The highest BCUT2D eigenvalue weighted by Gasteiger charge is 2.68. The molecule has 7 nitrogen and oxygen atoms in total. The maximum absolute atomic E-state index is 13.1. The van der Waals surface area contributed by atoms with Crippen LogP contribution in [0.2, 0.25) is 18.1 Å². The maximum atomic E-state index is 13.1. The molecule has 10 heteroatoms. The first kappa shape index (κ1) is 30.8. The first-order valence-electron chi connectivity index (χ1n) is 14.6. The molecular weight excluding hydrogens is 529 g/mol. The summed E-state index contributed by atoms with van der Waals surface area (Å²) in [5.41, 5.74) is -0.108. The van der Waals surface area contributed by atoms with E-state index in [1.165, 1.54) is 6.42 Å². The molecule has 4 fully saturated rings. The van der Waals surface area contributed by atoms with Crippen LogP contribution in [-0.4, -0.2) is 56.2 Å². The fraction of sp³-hybridized carbons (Fsp3) is 0.793. The van der Waals surface area contributed by atoms with Crippen LogP contribution in [0.15, 0.2) is 17.5 Å². The van der Waals surface area contributed by atoms with Crippen LogP contribution in [0.3, 0.4) is 0 Å². The van der Waals surface area contributed by atoms with Gasteiger partial charge in [-0.25, -0.2) is 0 Å². The molecule has 1 aliphatic heterocycles. The largest absolute Gasteiger partial charge is 0.481 e. The molecule has 2 N–H and O–H groups in total. The summed E-state index contributed by atoms with van der Waals surface area (Å²) in [6.45, 7) is 17.7. The third-order valence-corrected chi connectivity index (χ3v) is 15.7. The number of hydrogen-bond donors (Lipinski definition) is 2. The van der Waals surface area contributed by atoms with Gasteiger partial charge in [0.25, 0.3) is 0 Å². The van der Waals surface area contributed by atoms with Gasteiger partial charge in [-0.15, -0.1) is 11.3 Å². The van der Waals surface area contributed by atoms with Crippen LogP contribution in [0.25, 0.3) is 0 Å². The Labute approximate surface area is 240 Å². The molecule has 39 heavy (non-hydrogen) atoms. The van der Waals surface area contributed by atoms with Crippen molar-refractivity contribution in [2.45, 2.75) is 128 Å². The average Bonchev–Trinajstić information content (AvgIpc) is 3.43. The molecule has 2 unspecified atom stereocenters. The smallest absolute Gasteiger partial charge is 0.481 e. The third kappa shape index (κ3) is 6.50. The topological polar surface area (TPSA) is 94.1 Å². The van der Waals surface area contributed by atoms with Crippen LogP contribution in [0.1, 0.15) is 84.9 Å². The van der Waals surface area contributed by atoms with Gasteiger partial charge in [-0.1, -0.05) is 40.7 Å². The number of rotatable bonds is 12. The highest BCUT2D eigenvalue weighted by Crippen LogP contribution is 2.65. The number of thiophene rings is 1. The number of carbonyl (C=O) groups is 2. The van der Waals surface area contributed by atoms with Gasteiger partial charge in [-0.2, -0.15) is 0 Å². The first-order valence-corrected chi connectivity index (χ1v) is 18.4. The molecule has 6 atom stereocenters. The molecule has 0 aromatic carbocycles. The maximum Gasteiger partial charge on any atom is 0.481 e. The molecule has 2 bridgehead atoms. The molecule has 0 radical (unpaired) electrons. The van der Waals surface area contributed by atoms with Crippen molar-refractivity contribution in [3.05, 3.63) is 22.4 Å². The SMILES string of the molecule is CC1(C)[C@@H]2C[C@H]3OB(C(CCCC(CC(=O)O)O[Si](C)(C)C(C)(C)C)NC(=O)Cc4cccs4)O[C@@]3(C)[C@H]1C2. The highest BCUT2D eigenvalue weighted by molar-refractivity contribution is 7.10. The Kier molecular flexibility index (Phi) is 8.86. The summed E-state index contributed by atoms with van der Waals surface area (Å²) >= 11 is 1.57. The van der Waals surface area contributed by atoms with Crippen molar-refractivity contribution in [1.82, 2.24) is 5.32 Å². The quantitative estimate of drug-likeness (QED) is 0.293. The van der Waals surface area contributed by atoms with Crippen LogP contribution in [-0.2, 0) is 29.7 Å². The molecule has 1 saturated heterocycles. The van der Waals surface area contributed by atoms with Crippen molar-refractivity contribution in [1.29, 1.82) is 0 Å². The predicted molar refractivity (Wildman–Crippen MR) is 158 cm³/mol. The molecule has 1 aromatic rings. The van der Waals surface area contributed by atoms with E-state index in [0.29, 0.717) is 37.5 Å². The van der Waals surface area contributed by atoms with E-state index in [4.69, 9.17) is 13.7 Å². The van der Waals surface area contributed by atoms with Crippen molar-refractivity contribution in [3.8, 4) is 0 Å². The zero-order valence-corrected chi connectivity index (χ0v) is 26.9. The van der Waals surface area contributed by atoms with E-state index in [1.54, 1.807) is 11.3 Å². The lowest BCUT2D eigenvalue weighted by Gasteiger charge is -2.64. The van der Waals surface area contributed by atoms with Crippen LogP contribution >= 0.6 is 11.3 Å². The van der Waals surface area contributed by atoms with E-state index in [1.807, 2.05) is 17.5 Å². The van der Waals surface area contributed by atoms with Gasteiger partial charge in [0.1, 0.15) is 0 Å². The number of aliphatic carboxylic acids is 1. The Morgan fingerprint density at radius 2 is 1.97 bits per heavy atom. The van der Waals surface area contributed by atoms with Crippen LogP contribution < -0.4 is 5.32 Å². The highest BCUT2D eigenvalue weighted by atomic mass is 32.1. The van der Waals surface area contributed by atoms with Gasteiger partial charge < -0.3 is 24.2 Å². The van der Waals surface area contributed by atoms with Crippen LogP contribution in [0.5, 0.6) is 0 Å². The van der Waals surface area contributed by atoms with Gasteiger partial charge in [0.05, 0.1) is 36.6 Å². The van der Waals surface area contributed by atoms with Crippen LogP contribution in [0.4, 0.5) is 0 Å². The second-order valence-electron chi connectivity index (χ2n) is 14.3. The number of nitrogens with one attached hydrogen (secondary N) is 1. The molecule has 0 spiro atoms. The van der Waals surface area contributed by atoms with E-state index >= 15 is 0 Å². The summed E-state index contributed by atoms with van der Waals surface area (Å²) in [4.78, 5) is 25.8. The van der Waals surface area contributed by atoms with E-state index < -0.39 is 21.4 Å². The first-order chi connectivity index (χ1) is 18.0. The summed E-state index contributed by atoms with van der Waals surface area (Å²) in [5, 5.41) is 14.8. The van der Waals surface area contributed by atoms with Crippen LogP contribution in [0, 0.1) is 17.3 Å². The molecule has 218 valence electrons. The van der Waals surface area contributed by atoms with Gasteiger partial charge >= 0.3 is 13.1 Å². The predicted octanol–water partition coefficient (Wildman–Crippen LogP) is 6.08. The lowest BCUT2D eigenvalue weighted by Crippen LogP contribution is -2.65. The zero-order chi connectivity index (χ0) is 28.8. The molecular formula is C29H48BNO6SSi. The average molecular weight is 578 g/mol. The van der Waals surface area contributed by atoms with E-state index in [0.717, 1.165) is 11.3 Å². The van der Waals surface area contributed by atoms with Gasteiger partial charge in [-0.3, -0.25) is 9.59 Å². The Morgan fingerprint density at radius 3 is 2.56 bits per heavy atom. The summed E-state index contributed by atoms with van der Waals surface area (Å²) in [5.74, 6) is -0.101. The number of carboxylic acid groups (broad SMARTS) is 1. The van der Waals surface area contributed by atoms with E-state index in [9.17, 15) is 14.7 Å². The minimum absolute atomic E-state index is 0.00618. The molecule has 1 amide bonds. The summed E-state index contributed by atoms with van der Waals surface area (Å²) in [7, 11) is -2.64. The van der Waals surface area contributed by atoms with Crippen molar-refractivity contribution >= 4 is 38.6 Å². The summed E-state index contributed by atoms with van der Waals surface area (Å²) in [6, 6.07) is 3.93. The summed E-state index contributed by atoms with van der Waals surface area (Å²) in [6.07, 6.45) is 4.12.